The second-order valence-electron chi connectivity index (χ2n) is 5.95. The molecule has 3 rings (SSSR count). The Kier molecular flexibility index (Phi) is 6.32. The number of carbonyl (C=O) groups is 1. The van der Waals surface area contributed by atoms with Gasteiger partial charge < -0.3 is 9.47 Å². The SMILES string of the molecule is O=C(/C=C/c1ccc(OCc2ccccc2F)cc1)Oc1ccc([N+](=O)[O-])cc1. The first-order chi connectivity index (χ1) is 14.0. The molecule has 0 spiro atoms. The maximum absolute atomic E-state index is 13.6. The van der Waals surface area contributed by atoms with Crippen molar-refractivity contribution < 1.29 is 23.6 Å². The van der Waals surface area contributed by atoms with Crippen molar-refractivity contribution in [1.82, 2.24) is 0 Å². The molecular formula is C22H16FNO5. The summed E-state index contributed by atoms with van der Waals surface area (Å²) in [6.07, 6.45) is 2.81. The molecule has 0 atom stereocenters. The van der Waals surface area contributed by atoms with E-state index in [2.05, 4.69) is 0 Å². The predicted molar refractivity (Wildman–Crippen MR) is 105 cm³/mol. The van der Waals surface area contributed by atoms with E-state index in [4.69, 9.17) is 9.47 Å². The molecule has 6 nitrogen and oxygen atoms in total. The third-order valence-corrected chi connectivity index (χ3v) is 3.91. The van der Waals surface area contributed by atoms with Crippen molar-refractivity contribution in [2.24, 2.45) is 0 Å². The zero-order valence-corrected chi connectivity index (χ0v) is 15.2. The van der Waals surface area contributed by atoms with Crippen molar-refractivity contribution in [1.29, 1.82) is 0 Å². The highest BCUT2D eigenvalue weighted by Crippen LogP contribution is 2.18. The van der Waals surface area contributed by atoms with Gasteiger partial charge in [-0.1, -0.05) is 30.3 Å². The summed E-state index contributed by atoms with van der Waals surface area (Å²) in [6.45, 7) is 0.115. The molecule has 7 heteroatoms. The van der Waals surface area contributed by atoms with Gasteiger partial charge in [0.25, 0.3) is 5.69 Å². The van der Waals surface area contributed by atoms with Gasteiger partial charge in [0, 0.05) is 23.8 Å². The molecule has 0 aromatic heterocycles. The molecular weight excluding hydrogens is 377 g/mol. The van der Waals surface area contributed by atoms with Crippen LogP contribution in [0.1, 0.15) is 11.1 Å². The number of hydrogen-bond donors (Lipinski definition) is 0. The van der Waals surface area contributed by atoms with Crippen LogP contribution in [0.5, 0.6) is 11.5 Å². The Bertz CT molecular complexity index is 1030. The van der Waals surface area contributed by atoms with Crippen LogP contribution in [0.2, 0.25) is 0 Å². The van der Waals surface area contributed by atoms with E-state index < -0.39 is 10.9 Å². The van der Waals surface area contributed by atoms with Gasteiger partial charge in [0.15, 0.2) is 0 Å². The molecule has 0 unspecified atom stereocenters. The van der Waals surface area contributed by atoms with Crippen LogP contribution in [0.3, 0.4) is 0 Å². The summed E-state index contributed by atoms with van der Waals surface area (Å²) >= 11 is 0. The molecule has 0 aliphatic carbocycles. The molecule has 146 valence electrons. The van der Waals surface area contributed by atoms with Crippen LogP contribution in [0.15, 0.2) is 78.9 Å². The molecule has 0 aliphatic rings. The van der Waals surface area contributed by atoms with Gasteiger partial charge in [0.05, 0.1) is 4.92 Å². The maximum atomic E-state index is 13.6. The number of non-ortho nitro benzene ring substituents is 1. The van der Waals surface area contributed by atoms with Crippen LogP contribution < -0.4 is 9.47 Å². The second-order valence-corrected chi connectivity index (χ2v) is 5.95. The van der Waals surface area contributed by atoms with E-state index in [1.165, 1.54) is 36.4 Å². The highest BCUT2D eigenvalue weighted by Gasteiger charge is 2.06. The summed E-state index contributed by atoms with van der Waals surface area (Å²) < 4.78 is 24.2. The molecule has 0 bridgehead atoms. The maximum Gasteiger partial charge on any atom is 0.336 e. The Morgan fingerprint density at radius 1 is 0.966 bits per heavy atom. The number of nitro benzene ring substituents is 1. The van der Waals surface area contributed by atoms with Gasteiger partial charge in [-0.2, -0.15) is 0 Å². The van der Waals surface area contributed by atoms with Crippen LogP contribution in [0.25, 0.3) is 6.08 Å². The van der Waals surface area contributed by atoms with Crippen LogP contribution in [-0.4, -0.2) is 10.9 Å². The number of carbonyl (C=O) groups excluding carboxylic acids is 1. The Morgan fingerprint density at radius 2 is 1.62 bits per heavy atom. The van der Waals surface area contributed by atoms with Crippen LogP contribution in [0, 0.1) is 15.9 Å². The lowest BCUT2D eigenvalue weighted by molar-refractivity contribution is -0.384. The van der Waals surface area contributed by atoms with Crippen LogP contribution in [-0.2, 0) is 11.4 Å². The Balaban J connectivity index is 1.53. The summed E-state index contributed by atoms with van der Waals surface area (Å²) in [5, 5.41) is 10.6. The van der Waals surface area contributed by atoms with E-state index >= 15 is 0 Å². The summed E-state index contributed by atoms with van der Waals surface area (Å²) in [7, 11) is 0. The van der Waals surface area contributed by atoms with E-state index in [1.807, 2.05) is 0 Å². The molecule has 29 heavy (non-hydrogen) atoms. The minimum absolute atomic E-state index is 0.0855. The molecule has 0 saturated carbocycles. The van der Waals surface area contributed by atoms with Gasteiger partial charge in [0.1, 0.15) is 23.9 Å². The largest absolute Gasteiger partial charge is 0.489 e. The quantitative estimate of drug-likeness (QED) is 0.187. The minimum atomic E-state index is -0.612. The fraction of sp³-hybridized carbons (Fsp3) is 0.0455. The normalized spacial score (nSPS) is 10.7. The molecule has 0 fully saturated rings. The number of nitro groups is 1. The van der Waals surface area contributed by atoms with Gasteiger partial charge in [-0.05, 0) is 42.0 Å². The molecule has 0 radical (unpaired) electrons. The van der Waals surface area contributed by atoms with E-state index in [0.29, 0.717) is 11.3 Å². The summed E-state index contributed by atoms with van der Waals surface area (Å²) in [5.41, 5.74) is 1.12. The van der Waals surface area contributed by atoms with E-state index in [9.17, 15) is 19.3 Å². The van der Waals surface area contributed by atoms with Crippen molar-refractivity contribution in [3.63, 3.8) is 0 Å². The first kappa shape index (κ1) is 19.8. The third kappa shape index (κ3) is 5.74. The summed E-state index contributed by atoms with van der Waals surface area (Å²) in [6, 6.07) is 18.5. The Labute approximate surface area is 166 Å². The average Bonchev–Trinajstić information content (AvgIpc) is 2.73. The lowest BCUT2D eigenvalue weighted by Gasteiger charge is -2.07. The predicted octanol–water partition coefficient (Wildman–Crippen LogP) is 4.93. The van der Waals surface area contributed by atoms with Crippen molar-refractivity contribution in [3.8, 4) is 11.5 Å². The lowest BCUT2D eigenvalue weighted by atomic mass is 10.2. The number of rotatable bonds is 7. The lowest BCUT2D eigenvalue weighted by Crippen LogP contribution is -2.03. The molecule has 3 aromatic carbocycles. The highest BCUT2D eigenvalue weighted by molar-refractivity contribution is 5.88. The van der Waals surface area contributed by atoms with E-state index in [-0.39, 0.29) is 23.9 Å². The van der Waals surface area contributed by atoms with E-state index in [1.54, 1.807) is 48.5 Å². The molecule has 0 heterocycles. The molecule has 0 N–H and O–H groups in total. The number of halogens is 1. The highest BCUT2D eigenvalue weighted by atomic mass is 19.1. The molecule has 0 amide bonds. The third-order valence-electron chi connectivity index (χ3n) is 3.91. The first-order valence-electron chi connectivity index (χ1n) is 8.62. The Hall–Kier alpha value is -4.00. The minimum Gasteiger partial charge on any atom is -0.489 e. The van der Waals surface area contributed by atoms with Crippen molar-refractivity contribution in [2.45, 2.75) is 6.61 Å². The second kappa shape index (κ2) is 9.27. The van der Waals surface area contributed by atoms with Gasteiger partial charge in [-0.15, -0.1) is 0 Å². The average molecular weight is 393 g/mol. The number of benzene rings is 3. The first-order valence-corrected chi connectivity index (χ1v) is 8.62. The standard InChI is InChI=1S/C22H16FNO5/c23-21-4-2-1-3-17(21)15-28-19-10-5-16(6-11-19)7-14-22(25)29-20-12-8-18(9-13-20)24(26)27/h1-14H,15H2/b14-7+. The van der Waals surface area contributed by atoms with Gasteiger partial charge in [0.2, 0.25) is 0 Å². The van der Waals surface area contributed by atoms with Gasteiger partial charge in [-0.25, -0.2) is 9.18 Å². The van der Waals surface area contributed by atoms with Crippen LogP contribution >= 0.6 is 0 Å². The van der Waals surface area contributed by atoms with Crippen LogP contribution in [0.4, 0.5) is 10.1 Å². The summed E-state index contributed by atoms with van der Waals surface area (Å²) in [4.78, 5) is 21.9. The van der Waals surface area contributed by atoms with Crippen molar-refractivity contribution >= 4 is 17.7 Å². The Morgan fingerprint density at radius 3 is 2.28 bits per heavy atom. The monoisotopic (exact) mass is 393 g/mol. The van der Waals surface area contributed by atoms with E-state index in [0.717, 1.165) is 5.56 Å². The fourth-order valence-corrected chi connectivity index (χ4v) is 2.40. The zero-order chi connectivity index (χ0) is 20.6. The van der Waals surface area contributed by atoms with Gasteiger partial charge >= 0.3 is 5.97 Å². The molecule has 0 saturated heterocycles. The molecule has 0 aliphatic heterocycles. The van der Waals surface area contributed by atoms with Crippen molar-refractivity contribution in [3.05, 3.63) is 106 Å². The number of ether oxygens (including phenoxy) is 2. The van der Waals surface area contributed by atoms with Crippen molar-refractivity contribution in [2.75, 3.05) is 0 Å². The molecule has 3 aromatic rings. The van der Waals surface area contributed by atoms with Gasteiger partial charge in [-0.3, -0.25) is 10.1 Å². The number of hydrogen-bond acceptors (Lipinski definition) is 5. The smallest absolute Gasteiger partial charge is 0.336 e. The zero-order valence-electron chi connectivity index (χ0n) is 15.2. The fourth-order valence-electron chi connectivity index (χ4n) is 2.40. The topological polar surface area (TPSA) is 78.7 Å². The number of esters is 1. The number of nitrogens with zero attached hydrogens (tertiary/aromatic N) is 1. The summed E-state index contributed by atoms with van der Waals surface area (Å²) in [5.74, 6) is -0.154.